The average Bonchev–Trinajstić information content (AvgIpc) is 3.55. The van der Waals surface area contributed by atoms with Gasteiger partial charge in [0.15, 0.2) is 0 Å². The Morgan fingerprint density at radius 1 is 0.898 bits per heavy atom. The summed E-state index contributed by atoms with van der Waals surface area (Å²) in [6.45, 7) is 5.49. The first-order chi connectivity index (χ1) is 23.7. The molecule has 0 bridgehead atoms. The molecule has 0 radical (unpaired) electrons. The van der Waals surface area contributed by atoms with Crippen LogP contribution in [0.5, 0.6) is 0 Å². The molecule has 1 N–H and O–H groups in total. The van der Waals surface area contributed by atoms with Crippen molar-refractivity contribution < 1.29 is 19.3 Å². The third kappa shape index (κ3) is 5.78. The number of thiazole rings is 1. The molecule has 248 valence electrons. The molecule has 3 heterocycles. The molecule has 11 nitrogen and oxygen atoms in total. The second-order valence-electron chi connectivity index (χ2n) is 11.8. The van der Waals surface area contributed by atoms with E-state index in [0.29, 0.717) is 15.6 Å². The summed E-state index contributed by atoms with van der Waals surface area (Å²) in [6, 6.07) is 26.5. The fraction of sp³-hybridized carbons (Fsp3) is 0.222. The number of carbonyl (C=O) groups is 3. The summed E-state index contributed by atoms with van der Waals surface area (Å²) in [7, 11) is 0. The maximum Gasteiger partial charge on any atom is 0.308 e. The lowest BCUT2D eigenvalue weighted by Crippen LogP contribution is -2.33. The van der Waals surface area contributed by atoms with Gasteiger partial charge in [0.05, 0.1) is 21.6 Å². The largest absolute Gasteiger partial charge is 0.372 e. The van der Waals surface area contributed by atoms with E-state index in [1.807, 2.05) is 60.7 Å². The summed E-state index contributed by atoms with van der Waals surface area (Å²) in [6.07, 6.45) is 0. The van der Waals surface area contributed by atoms with Crippen molar-refractivity contribution in [3.8, 4) is 0 Å². The highest BCUT2D eigenvalue weighted by Gasteiger charge is 2.56. The van der Waals surface area contributed by atoms with Gasteiger partial charge in [-0.15, -0.1) is 0 Å². The number of anilines is 3. The highest BCUT2D eigenvalue weighted by atomic mass is 32.2. The maximum absolute atomic E-state index is 14.2. The minimum absolute atomic E-state index is 0.158. The minimum Gasteiger partial charge on any atom is -0.372 e. The Kier molecular flexibility index (Phi) is 8.55. The van der Waals surface area contributed by atoms with E-state index in [-0.39, 0.29) is 22.8 Å². The molecule has 0 saturated carbocycles. The van der Waals surface area contributed by atoms with Gasteiger partial charge in [0, 0.05) is 47.4 Å². The standard InChI is InChI=1S/C36H31N5O6S2/c1-3-38(4-2)25-13-10-22(11-14-25)29-30-31(34(44)40(33(30)43)26-15-17-27(18-16-26)41(46)47)48-35-32(29)49-36(45)39(35)20-28(42)37-24-12-9-21-7-5-6-8-23(21)19-24/h5-19,29-31H,3-4,20H2,1-2H3,(H,37,42)/t29-,30-,31+/m0/s1. The third-order valence-electron chi connectivity index (χ3n) is 9.08. The number of imide groups is 1. The van der Waals surface area contributed by atoms with Crippen LogP contribution < -0.4 is 20.0 Å². The van der Waals surface area contributed by atoms with Crippen LogP contribution >= 0.6 is 23.1 Å². The molecule has 0 aliphatic carbocycles. The number of nitro groups is 1. The first kappa shape index (κ1) is 32.3. The number of thioether (sulfide) groups is 1. The molecule has 1 fully saturated rings. The summed E-state index contributed by atoms with van der Waals surface area (Å²) < 4.78 is 1.39. The van der Waals surface area contributed by atoms with Crippen LogP contribution in [0.3, 0.4) is 0 Å². The zero-order valence-corrected chi connectivity index (χ0v) is 28.2. The van der Waals surface area contributed by atoms with Crippen LogP contribution in [-0.2, 0) is 20.9 Å². The van der Waals surface area contributed by atoms with E-state index in [0.717, 1.165) is 63.1 Å². The molecule has 3 atom stereocenters. The second-order valence-corrected chi connectivity index (χ2v) is 13.9. The number of amides is 3. The molecule has 13 heteroatoms. The van der Waals surface area contributed by atoms with Gasteiger partial charge in [0.25, 0.3) is 5.69 Å². The van der Waals surface area contributed by atoms with Crippen molar-refractivity contribution >= 4 is 74.3 Å². The monoisotopic (exact) mass is 693 g/mol. The molecule has 1 saturated heterocycles. The van der Waals surface area contributed by atoms with Crippen LogP contribution in [0, 0.1) is 16.0 Å². The van der Waals surface area contributed by atoms with Gasteiger partial charge in [-0.25, -0.2) is 4.90 Å². The van der Waals surface area contributed by atoms with E-state index in [4.69, 9.17) is 0 Å². The lowest BCUT2D eigenvalue weighted by Gasteiger charge is -2.31. The molecule has 5 aromatic rings. The number of hydrogen-bond donors (Lipinski definition) is 1. The SMILES string of the molecule is CCN(CC)c1ccc([C@@H]2c3sc(=O)n(CC(=O)Nc4ccc5ccccc5c4)c3S[C@H]3C(=O)N(c4ccc([N+](=O)[O-])cc4)C(=O)[C@@H]23)cc1. The first-order valence-corrected chi connectivity index (χ1v) is 17.5. The van der Waals surface area contributed by atoms with E-state index in [2.05, 4.69) is 24.1 Å². The summed E-state index contributed by atoms with van der Waals surface area (Å²) >= 11 is 2.11. The Bertz CT molecular complexity index is 2180. The maximum atomic E-state index is 14.2. The van der Waals surface area contributed by atoms with Crippen molar-refractivity contribution in [2.45, 2.75) is 36.6 Å². The van der Waals surface area contributed by atoms with E-state index < -0.39 is 39.7 Å². The van der Waals surface area contributed by atoms with Crippen LogP contribution in [-0.4, -0.2) is 45.6 Å². The fourth-order valence-corrected chi connectivity index (χ4v) is 9.46. The van der Waals surface area contributed by atoms with Gasteiger partial charge in [0.2, 0.25) is 17.7 Å². The molecule has 0 unspecified atom stereocenters. The molecular formula is C36H31N5O6S2. The van der Waals surface area contributed by atoms with Crippen LogP contribution in [0.4, 0.5) is 22.7 Å². The summed E-state index contributed by atoms with van der Waals surface area (Å²) in [5, 5.41) is 15.7. The topological polar surface area (TPSA) is 135 Å². The van der Waals surface area contributed by atoms with Gasteiger partial charge in [-0.1, -0.05) is 65.6 Å². The van der Waals surface area contributed by atoms with Crippen molar-refractivity contribution in [3.63, 3.8) is 0 Å². The number of carbonyl (C=O) groups excluding carboxylic acids is 3. The van der Waals surface area contributed by atoms with Crippen molar-refractivity contribution in [2.24, 2.45) is 5.92 Å². The van der Waals surface area contributed by atoms with Crippen LogP contribution in [0.2, 0.25) is 0 Å². The Labute approximate surface area is 289 Å². The van der Waals surface area contributed by atoms with Crippen LogP contribution in [0.1, 0.15) is 30.2 Å². The lowest BCUT2D eigenvalue weighted by molar-refractivity contribution is -0.384. The minimum atomic E-state index is -0.883. The Morgan fingerprint density at radius 3 is 2.27 bits per heavy atom. The molecule has 7 rings (SSSR count). The van der Waals surface area contributed by atoms with Crippen LogP contribution in [0.25, 0.3) is 10.8 Å². The van der Waals surface area contributed by atoms with Gasteiger partial charge in [-0.05, 0) is 66.6 Å². The Hall–Kier alpha value is -5.27. The number of rotatable bonds is 9. The summed E-state index contributed by atoms with van der Waals surface area (Å²) in [5.74, 6) is -2.79. The Morgan fingerprint density at radius 2 is 1.59 bits per heavy atom. The van der Waals surface area contributed by atoms with E-state index in [1.54, 1.807) is 6.07 Å². The van der Waals surface area contributed by atoms with Crippen molar-refractivity contribution in [1.82, 2.24) is 4.57 Å². The first-order valence-electron chi connectivity index (χ1n) is 15.8. The van der Waals surface area contributed by atoms with Crippen molar-refractivity contribution in [3.05, 3.63) is 121 Å². The average molecular weight is 694 g/mol. The van der Waals surface area contributed by atoms with Gasteiger partial charge < -0.3 is 10.2 Å². The molecular weight excluding hydrogens is 663 g/mol. The van der Waals surface area contributed by atoms with Crippen molar-refractivity contribution in [1.29, 1.82) is 0 Å². The molecule has 2 aliphatic heterocycles. The van der Waals surface area contributed by atoms with E-state index >= 15 is 0 Å². The van der Waals surface area contributed by atoms with E-state index in [9.17, 15) is 29.3 Å². The van der Waals surface area contributed by atoms with Gasteiger partial charge in [0.1, 0.15) is 11.8 Å². The molecule has 3 amide bonds. The summed E-state index contributed by atoms with van der Waals surface area (Å²) in [4.78, 5) is 69.4. The second kappa shape index (κ2) is 13.0. The quantitative estimate of drug-likeness (QED) is 0.109. The highest BCUT2D eigenvalue weighted by molar-refractivity contribution is 8.00. The smallest absolute Gasteiger partial charge is 0.308 e. The highest BCUT2D eigenvalue weighted by Crippen LogP contribution is 2.54. The number of benzene rings is 4. The number of non-ortho nitro benzene ring substituents is 1. The zero-order valence-electron chi connectivity index (χ0n) is 26.6. The number of aromatic nitrogens is 1. The van der Waals surface area contributed by atoms with Gasteiger partial charge >= 0.3 is 4.87 Å². The van der Waals surface area contributed by atoms with Crippen molar-refractivity contribution in [2.75, 3.05) is 28.2 Å². The van der Waals surface area contributed by atoms with Crippen LogP contribution in [0.15, 0.2) is 101 Å². The normalized spacial score (nSPS) is 18.3. The Balaban J connectivity index is 1.26. The van der Waals surface area contributed by atoms with Gasteiger partial charge in [-0.2, -0.15) is 0 Å². The third-order valence-corrected chi connectivity index (χ3v) is 11.7. The lowest BCUT2D eigenvalue weighted by atomic mass is 9.83. The summed E-state index contributed by atoms with van der Waals surface area (Å²) in [5.41, 5.74) is 2.45. The molecule has 1 aromatic heterocycles. The zero-order chi connectivity index (χ0) is 34.4. The number of nitrogens with one attached hydrogen (secondary N) is 1. The number of fused-ring (bicyclic) bond motifs is 3. The molecule has 4 aromatic carbocycles. The van der Waals surface area contributed by atoms with E-state index in [1.165, 1.54) is 28.8 Å². The molecule has 2 aliphatic rings. The number of nitro benzene ring substituents is 1. The number of hydrogen-bond acceptors (Lipinski definition) is 9. The molecule has 0 spiro atoms. The predicted molar refractivity (Wildman–Crippen MR) is 192 cm³/mol. The predicted octanol–water partition coefficient (Wildman–Crippen LogP) is 6.25. The van der Waals surface area contributed by atoms with Gasteiger partial charge in [-0.3, -0.25) is 33.9 Å². The molecule has 49 heavy (non-hydrogen) atoms. The fourth-order valence-electron chi connectivity index (χ4n) is 6.68. The number of nitrogens with zero attached hydrogens (tertiary/aromatic N) is 4.